The Bertz CT molecular complexity index is 473. The fourth-order valence-corrected chi connectivity index (χ4v) is 3.20. The SMILES string of the molecule is COC1(C(NN)c2c(F)ccc(C)c2F)CCCCC1. The summed E-state index contributed by atoms with van der Waals surface area (Å²) >= 11 is 0. The fraction of sp³-hybridized carbons (Fsp3) is 0.600. The van der Waals surface area contributed by atoms with Crippen LogP contribution in [0, 0.1) is 18.6 Å². The van der Waals surface area contributed by atoms with Gasteiger partial charge in [0, 0.05) is 12.7 Å². The van der Waals surface area contributed by atoms with Crippen LogP contribution in [0.4, 0.5) is 8.78 Å². The third kappa shape index (κ3) is 2.57. The first-order valence-corrected chi connectivity index (χ1v) is 7.01. The van der Waals surface area contributed by atoms with E-state index in [1.165, 1.54) is 12.1 Å². The molecule has 1 aliphatic rings. The topological polar surface area (TPSA) is 47.3 Å². The predicted molar refractivity (Wildman–Crippen MR) is 74.0 cm³/mol. The molecule has 3 nitrogen and oxygen atoms in total. The molecule has 0 heterocycles. The molecule has 20 heavy (non-hydrogen) atoms. The van der Waals surface area contributed by atoms with E-state index in [4.69, 9.17) is 10.6 Å². The lowest BCUT2D eigenvalue weighted by Gasteiger charge is -2.42. The molecule has 0 radical (unpaired) electrons. The molecule has 3 N–H and O–H groups in total. The van der Waals surface area contributed by atoms with Crippen molar-refractivity contribution in [3.63, 3.8) is 0 Å². The normalized spacial score (nSPS) is 19.9. The standard InChI is InChI=1S/C15H22F2N2O/c1-10-6-7-11(16)12(13(10)17)14(19-18)15(20-2)8-4-3-5-9-15/h6-7,14,19H,3-5,8-9,18H2,1-2H3. The van der Waals surface area contributed by atoms with Crippen molar-refractivity contribution in [1.29, 1.82) is 0 Å². The minimum atomic E-state index is -0.687. The maximum absolute atomic E-state index is 14.4. The van der Waals surface area contributed by atoms with Gasteiger partial charge in [-0.1, -0.05) is 25.3 Å². The van der Waals surface area contributed by atoms with Gasteiger partial charge in [-0.05, 0) is 31.4 Å². The molecule has 5 heteroatoms. The van der Waals surface area contributed by atoms with Gasteiger partial charge in [0.05, 0.1) is 11.6 Å². The molecule has 0 aromatic heterocycles. The molecule has 1 aromatic rings. The molecular formula is C15H22F2N2O. The Hall–Kier alpha value is -1.04. The summed E-state index contributed by atoms with van der Waals surface area (Å²) in [4.78, 5) is 0. The van der Waals surface area contributed by atoms with E-state index in [-0.39, 0.29) is 5.56 Å². The maximum Gasteiger partial charge on any atom is 0.133 e. The smallest absolute Gasteiger partial charge is 0.133 e. The van der Waals surface area contributed by atoms with Crippen LogP contribution in [-0.2, 0) is 4.74 Å². The van der Waals surface area contributed by atoms with Crippen LogP contribution >= 0.6 is 0 Å². The number of halogens is 2. The van der Waals surface area contributed by atoms with Gasteiger partial charge in [-0.15, -0.1) is 0 Å². The van der Waals surface area contributed by atoms with Crippen molar-refractivity contribution in [1.82, 2.24) is 5.43 Å². The molecule has 0 aliphatic heterocycles. The average molecular weight is 284 g/mol. The van der Waals surface area contributed by atoms with Gasteiger partial charge in [-0.3, -0.25) is 5.84 Å². The Morgan fingerprint density at radius 3 is 2.45 bits per heavy atom. The van der Waals surface area contributed by atoms with Gasteiger partial charge in [0.2, 0.25) is 0 Å². The van der Waals surface area contributed by atoms with E-state index in [0.29, 0.717) is 5.56 Å². The summed E-state index contributed by atoms with van der Waals surface area (Å²) in [5.41, 5.74) is 2.32. The van der Waals surface area contributed by atoms with Gasteiger partial charge in [0.1, 0.15) is 11.6 Å². The molecule has 112 valence electrons. The van der Waals surface area contributed by atoms with Gasteiger partial charge in [-0.2, -0.15) is 0 Å². The van der Waals surface area contributed by atoms with E-state index < -0.39 is 23.3 Å². The summed E-state index contributed by atoms with van der Waals surface area (Å²) in [7, 11) is 1.58. The monoisotopic (exact) mass is 284 g/mol. The number of hydrogen-bond acceptors (Lipinski definition) is 3. The van der Waals surface area contributed by atoms with E-state index in [0.717, 1.165) is 32.1 Å². The number of hydrogen-bond donors (Lipinski definition) is 2. The Morgan fingerprint density at radius 2 is 1.90 bits per heavy atom. The average Bonchev–Trinajstić information content (AvgIpc) is 2.48. The van der Waals surface area contributed by atoms with Gasteiger partial charge in [-0.25, -0.2) is 14.2 Å². The molecule has 1 atom stereocenters. The van der Waals surface area contributed by atoms with Crippen LogP contribution in [0.15, 0.2) is 12.1 Å². The Morgan fingerprint density at radius 1 is 1.25 bits per heavy atom. The molecule has 0 bridgehead atoms. The summed E-state index contributed by atoms with van der Waals surface area (Å²) in [6.07, 6.45) is 4.54. The van der Waals surface area contributed by atoms with Crippen molar-refractivity contribution in [2.24, 2.45) is 5.84 Å². The fourth-order valence-electron chi connectivity index (χ4n) is 3.20. The Kier molecular flexibility index (Phi) is 4.73. The number of hydrazine groups is 1. The number of aryl methyl sites for hydroxylation is 1. The van der Waals surface area contributed by atoms with Crippen LogP contribution in [0.1, 0.15) is 49.3 Å². The van der Waals surface area contributed by atoms with Gasteiger partial charge >= 0.3 is 0 Å². The third-order valence-electron chi connectivity index (χ3n) is 4.41. The van der Waals surface area contributed by atoms with Crippen LogP contribution in [0.2, 0.25) is 0 Å². The molecule has 1 aliphatic carbocycles. The molecule has 1 saturated carbocycles. The lowest BCUT2D eigenvalue weighted by molar-refractivity contribution is -0.0703. The second-order valence-electron chi connectivity index (χ2n) is 5.52. The summed E-state index contributed by atoms with van der Waals surface area (Å²) in [5.74, 6) is 4.49. The number of rotatable bonds is 4. The minimum Gasteiger partial charge on any atom is -0.376 e. The molecule has 2 rings (SSSR count). The molecule has 1 aromatic carbocycles. The lowest BCUT2D eigenvalue weighted by atomic mass is 9.76. The number of nitrogens with one attached hydrogen (secondary N) is 1. The van der Waals surface area contributed by atoms with Crippen molar-refractivity contribution >= 4 is 0 Å². The lowest BCUT2D eigenvalue weighted by Crippen LogP contribution is -2.50. The van der Waals surface area contributed by atoms with E-state index in [9.17, 15) is 8.78 Å². The highest BCUT2D eigenvalue weighted by Crippen LogP contribution is 2.42. The number of methoxy groups -OCH3 is 1. The predicted octanol–water partition coefficient (Wildman–Crippen LogP) is 3.13. The van der Waals surface area contributed by atoms with E-state index in [2.05, 4.69) is 5.43 Å². The second kappa shape index (κ2) is 6.16. The zero-order valence-corrected chi connectivity index (χ0v) is 12.0. The van der Waals surface area contributed by atoms with Gasteiger partial charge < -0.3 is 4.74 Å². The summed E-state index contributed by atoms with van der Waals surface area (Å²) < 4.78 is 34.2. The summed E-state index contributed by atoms with van der Waals surface area (Å²) in [6, 6.07) is 2.03. The van der Waals surface area contributed by atoms with Gasteiger partial charge in [0.15, 0.2) is 0 Å². The Balaban J connectivity index is 2.49. The highest BCUT2D eigenvalue weighted by Gasteiger charge is 2.43. The second-order valence-corrected chi connectivity index (χ2v) is 5.52. The molecule has 0 spiro atoms. The first-order valence-electron chi connectivity index (χ1n) is 7.01. The van der Waals surface area contributed by atoms with E-state index in [1.807, 2.05) is 0 Å². The van der Waals surface area contributed by atoms with Crippen LogP contribution in [0.3, 0.4) is 0 Å². The number of nitrogens with two attached hydrogens (primary N) is 1. The van der Waals surface area contributed by atoms with Crippen molar-refractivity contribution in [3.8, 4) is 0 Å². The number of ether oxygens (including phenoxy) is 1. The highest BCUT2D eigenvalue weighted by atomic mass is 19.1. The largest absolute Gasteiger partial charge is 0.376 e. The van der Waals surface area contributed by atoms with Crippen LogP contribution in [0.25, 0.3) is 0 Å². The first-order chi connectivity index (χ1) is 9.55. The first kappa shape index (κ1) is 15.4. The molecular weight excluding hydrogens is 262 g/mol. The summed E-state index contributed by atoms with van der Waals surface area (Å²) in [6.45, 7) is 1.62. The highest BCUT2D eigenvalue weighted by molar-refractivity contribution is 5.31. The zero-order chi connectivity index (χ0) is 14.8. The minimum absolute atomic E-state index is 0.0174. The van der Waals surface area contributed by atoms with Crippen LogP contribution in [-0.4, -0.2) is 12.7 Å². The molecule has 0 saturated heterocycles. The van der Waals surface area contributed by atoms with Gasteiger partial charge in [0.25, 0.3) is 0 Å². The van der Waals surface area contributed by atoms with Crippen LogP contribution in [0.5, 0.6) is 0 Å². The van der Waals surface area contributed by atoms with Crippen molar-refractivity contribution in [2.75, 3.05) is 7.11 Å². The van der Waals surface area contributed by atoms with Crippen molar-refractivity contribution in [3.05, 3.63) is 34.9 Å². The zero-order valence-electron chi connectivity index (χ0n) is 12.0. The quantitative estimate of drug-likeness (QED) is 0.659. The number of benzene rings is 1. The van der Waals surface area contributed by atoms with Crippen molar-refractivity contribution < 1.29 is 13.5 Å². The molecule has 1 fully saturated rings. The van der Waals surface area contributed by atoms with Crippen molar-refractivity contribution in [2.45, 2.75) is 50.7 Å². The van der Waals surface area contributed by atoms with E-state index in [1.54, 1.807) is 14.0 Å². The Labute approximate surface area is 118 Å². The summed E-state index contributed by atoms with van der Waals surface area (Å²) in [5, 5.41) is 0. The van der Waals surface area contributed by atoms with Crippen LogP contribution < -0.4 is 11.3 Å². The molecule has 1 unspecified atom stereocenters. The molecule has 0 amide bonds. The maximum atomic E-state index is 14.4. The third-order valence-corrected chi connectivity index (χ3v) is 4.41. The van der Waals surface area contributed by atoms with E-state index >= 15 is 0 Å².